The van der Waals surface area contributed by atoms with Crippen molar-refractivity contribution in [2.24, 2.45) is 0 Å². The van der Waals surface area contributed by atoms with Gasteiger partial charge < -0.3 is 15.1 Å². The lowest BCUT2D eigenvalue weighted by Crippen LogP contribution is -2.31. The van der Waals surface area contributed by atoms with E-state index in [2.05, 4.69) is 42.5 Å². The first kappa shape index (κ1) is 50.5. The number of fused-ring (bicyclic) bond motifs is 6. The molecule has 3 amide bonds. The number of likely N-dealkylation sites (N-methyl/N-ethyl adjacent to an activating group) is 1. The number of amides is 3. The van der Waals surface area contributed by atoms with Crippen LogP contribution in [0.4, 0.5) is 11.4 Å². The summed E-state index contributed by atoms with van der Waals surface area (Å²) in [5.41, 5.74) is 5.76. The number of carbonyl (C=O) groups is 4. The smallest absolute Gasteiger partial charge is 0.333 e. The Hall–Kier alpha value is -6.86. The fraction of sp³-hybridized carbons (Fsp3) is 0.321. The van der Waals surface area contributed by atoms with Crippen LogP contribution in [0.1, 0.15) is 107 Å². The van der Waals surface area contributed by atoms with Gasteiger partial charge in [-0.3, -0.25) is 28.5 Å². The van der Waals surface area contributed by atoms with E-state index in [0.717, 1.165) is 33.9 Å². The Morgan fingerprint density at radius 1 is 0.789 bits per heavy atom. The van der Waals surface area contributed by atoms with Crippen LogP contribution in [0.2, 0.25) is 0 Å². The molecule has 1 aromatic heterocycles. The van der Waals surface area contributed by atoms with Crippen molar-refractivity contribution in [3.8, 4) is 0 Å². The summed E-state index contributed by atoms with van der Waals surface area (Å²) in [6.45, 7) is 13.9. The Balaban J connectivity index is 1.10. The molecule has 3 aliphatic rings. The molecular weight excluding hydrogens is 947 g/mol. The molecule has 3 aliphatic heterocycles. The second-order valence-electron chi connectivity index (χ2n) is 18.7. The monoisotopic (exact) mass is 1000 g/mol. The summed E-state index contributed by atoms with van der Waals surface area (Å²) < 4.78 is 72.2. The fourth-order valence-electron chi connectivity index (χ4n) is 10.3. The number of hydrogen-bond acceptors (Lipinski definition) is 11. The maximum Gasteiger partial charge on any atom is 0.333 e. The maximum atomic E-state index is 13.3. The number of carbonyl (C=O) groups excluding carboxylic acids is 4. The maximum absolute atomic E-state index is 13.3. The van der Waals surface area contributed by atoms with E-state index in [1.165, 1.54) is 18.3 Å². The topological polar surface area (TPSA) is 221 Å². The number of allylic oxidation sites excluding steroid dienone is 6. The Morgan fingerprint density at radius 2 is 1.42 bits per heavy atom. The van der Waals surface area contributed by atoms with Crippen molar-refractivity contribution in [1.29, 1.82) is 0 Å². The Bertz CT molecular complexity index is 3390. The van der Waals surface area contributed by atoms with Gasteiger partial charge in [-0.05, 0) is 105 Å². The first-order chi connectivity index (χ1) is 33.6. The van der Waals surface area contributed by atoms with Crippen molar-refractivity contribution in [1.82, 2.24) is 15.4 Å². The molecule has 5 aromatic rings. The first-order valence-electron chi connectivity index (χ1n) is 23.5. The molecule has 0 spiro atoms. The van der Waals surface area contributed by atoms with Crippen LogP contribution in [0.3, 0.4) is 0 Å². The molecule has 3 N–H and O–H groups in total. The second-order valence-corrected chi connectivity index (χ2v) is 21.5. The van der Waals surface area contributed by atoms with E-state index < -0.39 is 48.8 Å². The van der Waals surface area contributed by atoms with Crippen molar-refractivity contribution in [3.05, 3.63) is 131 Å². The Morgan fingerprint density at radius 3 is 2.01 bits per heavy atom. The van der Waals surface area contributed by atoms with E-state index in [-0.39, 0.29) is 35.0 Å². The van der Waals surface area contributed by atoms with E-state index in [9.17, 15) is 45.1 Å². The van der Waals surface area contributed by atoms with Gasteiger partial charge in [0.15, 0.2) is 5.71 Å². The number of hydroxylamine groups is 2. The fourth-order valence-corrected chi connectivity index (χ4v) is 11.7. The normalized spacial score (nSPS) is 17.3. The number of aromatic nitrogens is 1. The molecule has 0 aliphatic carbocycles. The first-order valence-corrected chi connectivity index (χ1v) is 26.4. The van der Waals surface area contributed by atoms with Crippen molar-refractivity contribution >= 4 is 88.1 Å². The number of anilines is 1. The minimum Gasteiger partial charge on any atom is -0.352 e. The standard InChI is InChI=1S/C53H55N5O11S2/c1-7-56-40-25-22-35-37(14-12-16-42(35)70(63,64)65)49(40)52(3,4)44(56)27-20-33(21-28-45-53(5,6)50-38-15-13-17-43(71(66,67)68)36(38)23-26-41(50)57(45)8-2)39-24-19-34(32-55-39)51(62)54-31-11-9-10-18-48(61)69-58-46(59)29-30-47(58)60/h12-17,19-28,32H,7-11,18,29-31H2,1-6H3,(H2-,54,62,63,64,65,66,67,68)/p+1. The van der Waals surface area contributed by atoms with E-state index in [1.807, 2.05) is 62.4 Å². The van der Waals surface area contributed by atoms with Crippen LogP contribution in [-0.2, 0) is 50.3 Å². The summed E-state index contributed by atoms with van der Waals surface area (Å²) in [6, 6.07) is 20.4. The lowest BCUT2D eigenvalue weighted by molar-refractivity contribution is -0.433. The molecule has 18 heteroatoms. The molecule has 4 heterocycles. The average molecular weight is 1000 g/mol. The van der Waals surface area contributed by atoms with Crippen LogP contribution in [0.15, 0.2) is 119 Å². The highest BCUT2D eigenvalue weighted by Gasteiger charge is 2.46. The molecule has 0 radical (unpaired) electrons. The zero-order chi connectivity index (χ0) is 51.2. The molecule has 1 saturated heterocycles. The third-order valence-electron chi connectivity index (χ3n) is 13.6. The van der Waals surface area contributed by atoms with Crippen LogP contribution in [0, 0.1) is 0 Å². The third kappa shape index (κ3) is 9.56. The number of imide groups is 1. The summed E-state index contributed by atoms with van der Waals surface area (Å²) in [7, 11) is -9.01. The lowest BCUT2D eigenvalue weighted by atomic mass is 9.79. The molecule has 0 atom stereocenters. The van der Waals surface area contributed by atoms with E-state index in [1.54, 1.807) is 36.4 Å². The Labute approximate surface area is 412 Å². The van der Waals surface area contributed by atoms with Gasteiger partial charge >= 0.3 is 5.97 Å². The molecule has 0 unspecified atom stereocenters. The van der Waals surface area contributed by atoms with Gasteiger partial charge in [-0.15, -0.1) is 5.06 Å². The zero-order valence-electron chi connectivity index (χ0n) is 40.4. The highest BCUT2D eigenvalue weighted by Crippen LogP contribution is 2.51. The number of nitrogens with zero attached hydrogens (tertiary/aromatic N) is 4. The number of unbranched alkanes of at least 4 members (excludes halogenated alkanes) is 2. The molecule has 16 nitrogen and oxygen atoms in total. The van der Waals surface area contributed by atoms with Crippen LogP contribution < -0.4 is 10.2 Å². The molecule has 71 heavy (non-hydrogen) atoms. The number of rotatable bonds is 16. The molecule has 370 valence electrons. The van der Waals surface area contributed by atoms with Gasteiger partial charge in [0.25, 0.3) is 38.0 Å². The second kappa shape index (κ2) is 19.4. The predicted octanol–water partition coefficient (Wildman–Crippen LogP) is 8.52. The van der Waals surface area contributed by atoms with Crippen molar-refractivity contribution < 1.29 is 54.5 Å². The molecule has 4 aromatic carbocycles. The highest BCUT2D eigenvalue weighted by atomic mass is 32.2. The van der Waals surface area contributed by atoms with Gasteiger partial charge in [-0.25, -0.2) is 4.79 Å². The van der Waals surface area contributed by atoms with Gasteiger partial charge in [-0.1, -0.05) is 56.7 Å². The highest BCUT2D eigenvalue weighted by molar-refractivity contribution is 7.86. The Kier molecular flexibility index (Phi) is 13.8. The van der Waals surface area contributed by atoms with Crippen LogP contribution in [0.5, 0.6) is 0 Å². The summed E-state index contributed by atoms with van der Waals surface area (Å²) in [4.78, 5) is 60.5. The SMILES string of the molecule is CCN1/C(=C/C=C(/C=C/C2=[N+](CC)c3ccc4c(S(=O)(=O)O)cccc4c3C2(C)C)c2ccc(C(=O)NCCCCCC(=O)ON3C(=O)CCC3=O)cn2)C(C)(C)c2c1ccc1c(S(=O)(=O)O)cccc21. The molecule has 0 bridgehead atoms. The summed E-state index contributed by atoms with van der Waals surface area (Å²) in [5, 5.41) is 5.67. The van der Waals surface area contributed by atoms with Gasteiger partial charge in [-0.2, -0.15) is 21.4 Å². The van der Waals surface area contributed by atoms with E-state index >= 15 is 0 Å². The number of pyridine rings is 1. The third-order valence-corrected chi connectivity index (χ3v) is 15.4. The molecular formula is C53H56N5O11S2+. The van der Waals surface area contributed by atoms with E-state index in [4.69, 9.17) is 9.82 Å². The lowest BCUT2D eigenvalue weighted by Gasteiger charge is -2.26. The minimum absolute atomic E-state index is 0.0159. The molecule has 8 rings (SSSR count). The van der Waals surface area contributed by atoms with E-state index in [0.29, 0.717) is 82.3 Å². The summed E-state index contributed by atoms with van der Waals surface area (Å²) >= 11 is 0. The quantitative estimate of drug-likeness (QED) is 0.0278. The van der Waals surface area contributed by atoms with Crippen LogP contribution in [-0.4, -0.2) is 89.6 Å². The summed E-state index contributed by atoms with van der Waals surface area (Å²) in [6.07, 6.45) is 11.1. The van der Waals surface area contributed by atoms with Crippen molar-refractivity contribution in [3.63, 3.8) is 0 Å². The number of hydrogen-bond donors (Lipinski definition) is 3. The van der Waals surface area contributed by atoms with Crippen molar-refractivity contribution in [2.45, 2.75) is 101 Å². The largest absolute Gasteiger partial charge is 0.352 e. The van der Waals surface area contributed by atoms with Crippen LogP contribution >= 0.6 is 0 Å². The minimum atomic E-state index is -4.51. The van der Waals surface area contributed by atoms with Crippen LogP contribution in [0.25, 0.3) is 27.1 Å². The molecule has 0 saturated carbocycles. The zero-order valence-corrected chi connectivity index (χ0v) is 42.0. The number of benzene rings is 4. The predicted molar refractivity (Wildman–Crippen MR) is 269 cm³/mol. The van der Waals surface area contributed by atoms with Gasteiger partial charge in [0.05, 0.1) is 16.7 Å². The van der Waals surface area contributed by atoms with Crippen molar-refractivity contribution in [2.75, 3.05) is 24.5 Å². The average Bonchev–Trinajstić information content (AvgIpc) is 3.85. The molecule has 1 fully saturated rings. The van der Waals surface area contributed by atoms with Gasteiger partial charge in [0.2, 0.25) is 5.69 Å². The van der Waals surface area contributed by atoms with Gasteiger partial charge in [0, 0.05) is 89.4 Å². The van der Waals surface area contributed by atoms with Gasteiger partial charge in [0.1, 0.15) is 16.3 Å². The number of nitrogens with one attached hydrogen (secondary N) is 1. The summed E-state index contributed by atoms with van der Waals surface area (Å²) in [5.74, 6) is -2.08.